The quantitative estimate of drug-likeness (QED) is 0.551. The molecule has 54 valence electrons. The molecule has 0 radical (unpaired) electrons. The zero-order valence-corrected chi connectivity index (χ0v) is 6.06. The Balaban J connectivity index is 2.51. The van der Waals surface area contributed by atoms with Crippen LogP contribution >= 0.6 is 0 Å². The van der Waals surface area contributed by atoms with E-state index >= 15 is 0 Å². The molecule has 0 atom stereocenters. The topological polar surface area (TPSA) is 54.4 Å². The molecule has 0 aromatic rings. The van der Waals surface area contributed by atoms with E-state index in [4.69, 9.17) is 5.11 Å². The monoisotopic (exact) mass is 150 g/mol. The number of aliphatic hydroxyl groups is 1. The van der Waals surface area contributed by atoms with E-state index in [-0.39, 0.29) is 11.4 Å². The third kappa shape index (κ3) is 1.43. The Labute approximate surface area is 54.6 Å². The third-order valence-corrected chi connectivity index (χ3v) is 3.27. The summed E-state index contributed by atoms with van der Waals surface area (Å²) in [4.78, 5) is 0. The average Bonchev–Trinajstić information content (AvgIpc) is 1.55. The maximum Gasteiger partial charge on any atom is 0.150 e. The van der Waals surface area contributed by atoms with E-state index in [1.165, 1.54) is 6.26 Å². The molecule has 0 aliphatic heterocycles. The Morgan fingerprint density at radius 2 is 1.89 bits per heavy atom. The van der Waals surface area contributed by atoms with E-state index in [9.17, 15) is 8.42 Å². The molecule has 3 nitrogen and oxygen atoms in total. The lowest BCUT2D eigenvalue weighted by Gasteiger charge is -2.29. The largest absolute Gasteiger partial charge is 0.393 e. The van der Waals surface area contributed by atoms with Crippen LogP contribution in [0.15, 0.2) is 0 Å². The molecular formula is C5H10O3S. The predicted octanol–water partition coefficient (Wildman–Crippen LogP) is -0.446. The fraction of sp³-hybridized carbons (Fsp3) is 1.00. The first-order valence-corrected chi connectivity index (χ1v) is 4.82. The van der Waals surface area contributed by atoms with E-state index in [1.807, 2.05) is 0 Å². The molecule has 9 heavy (non-hydrogen) atoms. The van der Waals surface area contributed by atoms with Crippen molar-refractivity contribution in [2.75, 3.05) is 6.26 Å². The lowest BCUT2D eigenvalue weighted by molar-refractivity contribution is 0.0979. The summed E-state index contributed by atoms with van der Waals surface area (Å²) in [6.45, 7) is 0. The van der Waals surface area contributed by atoms with Gasteiger partial charge in [0.2, 0.25) is 0 Å². The van der Waals surface area contributed by atoms with Crippen molar-refractivity contribution in [2.45, 2.75) is 24.2 Å². The van der Waals surface area contributed by atoms with Crippen LogP contribution in [-0.2, 0) is 9.84 Å². The van der Waals surface area contributed by atoms with Crippen molar-refractivity contribution in [1.29, 1.82) is 0 Å². The number of hydrogen-bond donors (Lipinski definition) is 1. The van der Waals surface area contributed by atoms with Gasteiger partial charge in [0, 0.05) is 6.26 Å². The molecule has 1 rings (SSSR count). The molecular weight excluding hydrogens is 140 g/mol. The summed E-state index contributed by atoms with van der Waals surface area (Å²) in [6, 6.07) is 0. The van der Waals surface area contributed by atoms with Crippen LogP contribution in [0.4, 0.5) is 0 Å². The zero-order chi connectivity index (χ0) is 7.07. The van der Waals surface area contributed by atoms with Gasteiger partial charge < -0.3 is 5.11 Å². The standard InChI is InChI=1S/C5H10O3S/c1-9(7,8)5-2-4(6)3-5/h4-6H,2-3H2,1H3. The summed E-state index contributed by atoms with van der Waals surface area (Å²) < 4.78 is 21.3. The second-order valence-corrected chi connectivity index (χ2v) is 4.90. The van der Waals surface area contributed by atoms with Crippen LogP contribution < -0.4 is 0 Å². The molecule has 0 aromatic carbocycles. The van der Waals surface area contributed by atoms with Gasteiger partial charge in [-0.2, -0.15) is 0 Å². The van der Waals surface area contributed by atoms with E-state index in [1.54, 1.807) is 0 Å². The molecule has 0 bridgehead atoms. The van der Waals surface area contributed by atoms with Gasteiger partial charge in [-0.25, -0.2) is 8.42 Å². The molecule has 0 amide bonds. The minimum atomic E-state index is -2.86. The molecule has 1 aliphatic rings. The summed E-state index contributed by atoms with van der Waals surface area (Å²) in [6.07, 6.45) is 1.70. The van der Waals surface area contributed by atoms with Crippen molar-refractivity contribution in [3.63, 3.8) is 0 Å². The van der Waals surface area contributed by atoms with Gasteiger partial charge in [0.25, 0.3) is 0 Å². The van der Waals surface area contributed by atoms with Gasteiger partial charge in [-0.3, -0.25) is 0 Å². The van der Waals surface area contributed by atoms with E-state index < -0.39 is 9.84 Å². The van der Waals surface area contributed by atoms with Crippen molar-refractivity contribution < 1.29 is 13.5 Å². The van der Waals surface area contributed by atoms with Gasteiger partial charge in [-0.1, -0.05) is 0 Å². The summed E-state index contributed by atoms with van der Waals surface area (Å²) in [5.74, 6) is 0. The Kier molecular flexibility index (Phi) is 1.52. The summed E-state index contributed by atoms with van der Waals surface area (Å²) in [5.41, 5.74) is 0. The van der Waals surface area contributed by atoms with Gasteiger partial charge in [0.15, 0.2) is 9.84 Å². The first kappa shape index (κ1) is 7.02. The van der Waals surface area contributed by atoms with Crippen LogP contribution in [-0.4, -0.2) is 31.1 Å². The SMILES string of the molecule is CS(=O)(=O)C1CC(O)C1. The van der Waals surface area contributed by atoms with Crippen molar-refractivity contribution in [3.05, 3.63) is 0 Å². The summed E-state index contributed by atoms with van der Waals surface area (Å²) in [7, 11) is -2.86. The maximum absolute atomic E-state index is 10.6. The molecule has 1 saturated carbocycles. The molecule has 0 heterocycles. The fourth-order valence-electron chi connectivity index (χ4n) is 0.887. The van der Waals surface area contributed by atoms with Crippen LogP contribution in [0.2, 0.25) is 0 Å². The van der Waals surface area contributed by atoms with Crippen LogP contribution in [0.1, 0.15) is 12.8 Å². The lowest BCUT2D eigenvalue weighted by atomic mass is 9.96. The fourth-order valence-corrected chi connectivity index (χ4v) is 2.03. The Morgan fingerprint density at radius 3 is 2.00 bits per heavy atom. The van der Waals surface area contributed by atoms with E-state index in [0.29, 0.717) is 12.8 Å². The average molecular weight is 150 g/mol. The molecule has 0 aromatic heterocycles. The number of rotatable bonds is 1. The maximum atomic E-state index is 10.6. The van der Waals surface area contributed by atoms with Gasteiger partial charge >= 0.3 is 0 Å². The molecule has 1 aliphatic carbocycles. The van der Waals surface area contributed by atoms with Gasteiger partial charge in [-0.15, -0.1) is 0 Å². The second kappa shape index (κ2) is 1.95. The van der Waals surface area contributed by atoms with E-state index in [2.05, 4.69) is 0 Å². The first-order chi connectivity index (χ1) is 4.00. The Bertz CT molecular complexity index is 188. The van der Waals surface area contributed by atoms with Crippen LogP contribution in [0.3, 0.4) is 0 Å². The van der Waals surface area contributed by atoms with Crippen LogP contribution in [0.25, 0.3) is 0 Å². The highest BCUT2D eigenvalue weighted by atomic mass is 32.2. The molecule has 0 unspecified atom stereocenters. The molecule has 0 saturated heterocycles. The highest BCUT2D eigenvalue weighted by Crippen LogP contribution is 2.25. The highest BCUT2D eigenvalue weighted by Gasteiger charge is 2.34. The molecule has 1 N–H and O–H groups in total. The summed E-state index contributed by atoms with van der Waals surface area (Å²) >= 11 is 0. The van der Waals surface area contributed by atoms with Crippen molar-refractivity contribution >= 4 is 9.84 Å². The third-order valence-electron chi connectivity index (χ3n) is 1.68. The normalized spacial score (nSPS) is 35.8. The predicted molar refractivity (Wildman–Crippen MR) is 33.9 cm³/mol. The number of hydrogen-bond acceptors (Lipinski definition) is 3. The van der Waals surface area contributed by atoms with Crippen molar-refractivity contribution in [3.8, 4) is 0 Å². The van der Waals surface area contributed by atoms with E-state index in [0.717, 1.165) is 0 Å². The lowest BCUT2D eigenvalue weighted by Crippen LogP contribution is -2.38. The molecule has 1 fully saturated rings. The number of aliphatic hydroxyl groups excluding tert-OH is 1. The Hall–Kier alpha value is -0.0900. The minimum Gasteiger partial charge on any atom is -0.393 e. The summed E-state index contributed by atoms with van der Waals surface area (Å²) in [5, 5.41) is 8.45. The molecule has 0 spiro atoms. The van der Waals surface area contributed by atoms with Gasteiger partial charge in [0.1, 0.15) is 0 Å². The van der Waals surface area contributed by atoms with Crippen molar-refractivity contribution in [2.24, 2.45) is 0 Å². The van der Waals surface area contributed by atoms with Gasteiger partial charge in [0.05, 0.1) is 11.4 Å². The van der Waals surface area contributed by atoms with Crippen LogP contribution in [0.5, 0.6) is 0 Å². The molecule has 4 heteroatoms. The number of sulfone groups is 1. The Morgan fingerprint density at radius 1 is 1.44 bits per heavy atom. The highest BCUT2D eigenvalue weighted by molar-refractivity contribution is 7.91. The first-order valence-electron chi connectivity index (χ1n) is 2.87. The smallest absolute Gasteiger partial charge is 0.150 e. The second-order valence-electron chi connectivity index (χ2n) is 2.58. The van der Waals surface area contributed by atoms with Gasteiger partial charge in [-0.05, 0) is 12.8 Å². The minimum absolute atomic E-state index is 0.271. The van der Waals surface area contributed by atoms with Crippen molar-refractivity contribution in [1.82, 2.24) is 0 Å². The zero-order valence-electron chi connectivity index (χ0n) is 5.24. The van der Waals surface area contributed by atoms with Crippen LogP contribution in [0, 0.1) is 0 Å².